The number of fused-ring (bicyclic) bond motifs is 1. The van der Waals surface area contributed by atoms with Gasteiger partial charge in [0, 0.05) is 12.3 Å². The molecule has 12 heteroatoms. The summed E-state index contributed by atoms with van der Waals surface area (Å²) in [5.41, 5.74) is 1.15. The van der Waals surface area contributed by atoms with Gasteiger partial charge in [0.05, 0.1) is 5.56 Å². The highest BCUT2D eigenvalue weighted by Gasteiger charge is 2.42. The fourth-order valence-electron chi connectivity index (χ4n) is 1.99. The number of esters is 2. The fourth-order valence-corrected chi connectivity index (χ4v) is 1.99. The maximum absolute atomic E-state index is 12.0. The predicted molar refractivity (Wildman–Crippen MR) is 76.0 cm³/mol. The summed E-state index contributed by atoms with van der Waals surface area (Å²) < 4.78 is 42.5. The van der Waals surface area contributed by atoms with Crippen molar-refractivity contribution in [1.29, 1.82) is 0 Å². The maximum Gasteiger partial charge on any atom is 0.491 e. The maximum atomic E-state index is 12.0. The third kappa shape index (κ3) is 3.79. The Kier molecular flexibility index (Phi) is 4.56. The number of alkyl halides is 3. The van der Waals surface area contributed by atoms with Crippen LogP contribution in [0.3, 0.4) is 0 Å². The van der Waals surface area contributed by atoms with Crippen molar-refractivity contribution in [2.45, 2.75) is 19.1 Å². The van der Waals surface area contributed by atoms with Crippen LogP contribution >= 0.6 is 0 Å². The molecule has 0 saturated heterocycles. The average molecular weight is 367 g/mol. The van der Waals surface area contributed by atoms with Crippen LogP contribution in [-0.2, 0) is 20.9 Å². The minimum absolute atomic E-state index is 0.0664. The lowest BCUT2D eigenvalue weighted by molar-refractivity contribution is -0.752. The highest BCUT2D eigenvalue weighted by atomic mass is 19.4. The summed E-state index contributed by atoms with van der Waals surface area (Å²) >= 11 is 0. The van der Waals surface area contributed by atoms with Crippen molar-refractivity contribution in [2.24, 2.45) is 0 Å². The Hall–Kier alpha value is -3.44. The second-order valence-corrected chi connectivity index (χ2v) is 5.01. The van der Waals surface area contributed by atoms with E-state index in [1.807, 2.05) is 0 Å². The Morgan fingerprint density at radius 1 is 1.23 bits per heavy atom. The monoisotopic (exact) mass is 367 g/mol. The van der Waals surface area contributed by atoms with E-state index < -0.39 is 24.5 Å². The van der Waals surface area contributed by atoms with Crippen LogP contribution < -0.4 is 4.68 Å². The first-order valence-electron chi connectivity index (χ1n) is 7.19. The standard InChI is InChI=1S/C14H10F3N6O3/c15-14(16,17)13(25)26-11(24)4-7-22-6-3-9(8-19-22)12-21-20-10-2-1-5-18-23(10)12/h1-3,5-6,8H,4,7H2/q+1. The number of aryl methyl sites for hydroxylation is 1. The zero-order chi connectivity index (χ0) is 18.7. The Morgan fingerprint density at radius 3 is 2.73 bits per heavy atom. The Labute approximate surface area is 143 Å². The molecule has 0 aromatic carbocycles. The summed E-state index contributed by atoms with van der Waals surface area (Å²) in [6.45, 7) is -0.0664. The van der Waals surface area contributed by atoms with E-state index >= 15 is 0 Å². The molecule has 3 heterocycles. The van der Waals surface area contributed by atoms with Crippen LogP contribution in [-0.4, -0.2) is 43.0 Å². The van der Waals surface area contributed by atoms with Crippen molar-refractivity contribution < 1.29 is 32.2 Å². The Balaban J connectivity index is 1.63. The molecule has 0 saturated carbocycles. The quantitative estimate of drug-likeness (QED) is 0.376. The minimum atomic E-state index is -5.21. The third-order valence-corrected chi connectivity index (χ3v) is 3.19. The van der Waals surface area contributed by atoms with Crippen molar-refractivity contribution in [2.75, 3.05) is 0 Å². The lowest BCUT2D eigenvalue weighted by atomic mass is 10.3. The van der Waals surface area contributed by atoms with Gasteiger partial charge < -0.3 is 4.74 Å². The number of carbonyl (C=O) groups is 2. The molecule has 3 aromatic heterocycles. The lowest BCUT2D eigenvalue weighted by Crippen LogP contribution is -2.39. The molecular formula is C14H10F3N6O3+. The average Bonchev–Trinajstić information content (AvgIpc) is 3.04. The molecule has 0 radical (unpaired) electrons. The first-order chi connectivity index (χ1) is 12.3. The normalized spacial score (nSPS) is 11.5. The molecule has 0 amide bonds. The van der Waals surface area contributed by atoms with Crippen LogP contribution in [0, 0.1) is 0 Å². The number of nitrogens with zero attached hydrogens (tertiary/aromatic N) is 6. The summed E-state index contributed by atoms with van der Waals surface area (Å²) in [4.78, 5) is 21.8. The van der Waals surface area contributed by atoms with E-state index in [1.165, 1.54) is 21.6 Å². The van der Waals surface area contributed by atoms with Crippen molar-refractivity contribution >= 4 is 17.6 Å². The van der Waals surface area contributed by atoms with Crippen LogP contribution in [0.1, 0.15) is 6.42 Å². The summed E-state index contributed by atoms with van der Waals surface area (Å²) in [5, 5.41) is 16.1. The highest BCUT2D eigenvalue weighted by Crippen LogP contribution is 2.17. The zero-order valence-electron chi connectivity index (χ0n) is 12.9. The molecule has 3 rings (SSSR count). The molecule has 0 unspecified atom stereocenters. The van der Waals surface area contributed by atoms with Gasteiger partial charge in [0.1, 0.15) is 12.6 Å². The number of hydrogen-bond acceptors (Lipinski definition) is 7. The van der Waals surface area contributed by atoms with E-state index in [4.69, 9.17) is 0 Å². The first-order valence-corrected chi connectivity index (χ1v) is 7.19. The third-order valence-electron chi connectivity index (χ3n) is 3.19. The van der Waals surface area contributed by atoms with Gasteiger partial charge in [0.2, 0.25) is 0 Å². The molecule has 9 nitrogen and oxygen atoms in total. The van der Waals surface area contributed by atoms with Gasteiger partial charge in [-0.2, -0.15) is 22.8 Å². The lowest BCUT2D eigenvalue weighted by Gasteiger charge is -2.04. The molecular weight excluding hydrogens is 357 g/mol. The van der Waals surface area contributed by atoms with Crippen LogP contribution in [0.25, 0.3) is 17.0 Å². The number of halogens is 3. The van der Waals surface area contributed by atoms with Crippen molar-refractivity contribution in [1.82, 2.24) is 24.9 Å². The van der Waals surface area contributed by atoms with Crippen LogP contribution in [0.15, 0.2) is 36.8 Å². The van der Waals surface area contributed by atoms with E-state index in [1.54, 1.807) is 24.4 Å². The molecule has 3 aromatic rings. The van der Waals surface area contributed by atoms with E-state index in [-0.39, 0.29) is 6.54 Å². The van der Waals surface area contributed by atoms with Crippen LogP contribution in [0.2, 0.25) is 0 Å². The number of carbonyl (C=O) groups excluding carboxylic acids is 2. The molecule has 134 valence electrons. The largest absolute Gasteiger partial charge is 0.491 e. The fraction of sp³-hybridized carbons (Fsp3) is 0.214. The van der Waals surface area contributed by atoms with Gasteiger partial charge in [-0.05, 0) is 17.2 Å². The minimum Gasteiger partial charge on any atom is -0.386 e. The molecule has 26 heavy (non-hydrogen) atoms. The van der Waals surface area contributed by atoms with E-state index in [0.29, 0.717) is 17.0 Å². The number of aromatic nitrogens is 6. The zero-order valence-corrected chi connectivity index (χ0v) is 12.9. The second-order valence-electron chi connectivity index (χ2n) is 5.01. The van der Waals surface area contributed by atoms with Gasteiger partial charge in [-0.25, -0.2) is 4.79 Å². The van der Waals surface area contributed by atoms with Gasteiger partial charge in [-0.1, -0.05) is 4.68 Å². The van der Waals surface area contributed by atoms with Gasteiger partial charge in [0.25, 0.3) is 0 Å². The summed E-state index contributed by atoms with van der Waals surface area (Å²) in [6.07, 6.45) is -1.15. The van der Waals surface area contributed by atoms with E-state index in [2.05, 4.69) is 25.1 Å². The van der Waals surface area contributed by atoms with Crippen LogP contribution in [0.4, 0.5) is 13.2 Å². The van der Waals surface area contributed by atoms with Crippen molar-refractivity contribution in [3.63, 3.8) is 0 Å². The second kappa shape index (κ2) is 6.82. The molecule has 0 bridgehead atoms. The van der Waals surface area contributed by atoms with Gasteiger partial charge >= 0.3 is 18.1 Å². The highest BCUT2D eigenvalue weighted by molar-refractivity contribution is 5.88. The molecule has 0 aliphatic carbocycles. The number of ether oxygens (including phenoxy) is 1. The smallest absolute Gasteiger partial charge is 0.386 e. The van der Waals surface area contributed by atoms with Gasteiger partial charge in [-0.3, -0.25) is 4.79 Å². The Morgan fingerprint density at radius 2 is 2.04 bits per heavy atom. The van der Waals surface area contributed by atoms with Crippen LogP contribution in [0.5, 0.6) is 0 Å². The molecule has 0 fully saturated rings. The summed E-state index contributed by atoms with van der Waals surface area (Å²) in [7, 11) is 0. The van der Waals surface area contributed by atoms with Crippen molar-refractivity contribution in [3.8, 4) is 11.4 Å². The molecule has 0 atom stereocenters. The van der Waals surface area contributed by atoms with Crippen molar-refractivity contribution in [3.05, 3.63) is 36.8 Å². The molecule has 0 spiro atoms. The molecule has 0 aliphatic rings. The number of rotatable bonds is 4. The topological polar surface area (TPSA) is 103 Å². The van der Waals surface area contributed by atoms with E-state index in [0.717, 1.165) is 0 Å². The summed E-state index contributed by atoms with van der Waals surface area (Å²) in [6, 6.07) is 5.08. The first kappa shape index (κ1) is 17.4. The van der Waals surface area contributed by atoms with Gasteiger partial charge in [-0.15, -0.1) is 10.2 Å². The Bertz CT molecular complexity index is 954. The number of hydrogen-bond donors (Lipinski definition) is 0. The molecule has 0 N–H and O–H groups in total. The predicted octanol–water partition coefficient (Wildman–Crippen LogP) is 0.496. The molecule has 0 aliphatic heterocycles. The van der Waals surface area contributed by atoms with Gasteiger partial charge in [0.15, 0.2) is 24.2 Å². The SMILES string of the molecule is O=C(CC[n+]1ccc(-c2nnc3cccnn23)cn1)OC(=O)C(F)(F)F. The van der Waals surface area contributed by atoms with E-state index in [9.17, 15) is 22.8 Å². The summed E-state index contributed by atoms with van der Waals surface area (Å²) in [5.74, 6) is -3.38.